The number of hydrogen-bond acceptors (Lipinski definition) is 5. The van der Waals surface area contributed by atoms with Gasteiger partial charge in [-0.2, -0.15) is 26.3 Å². The molecule has 1 N–H and O–H groups in total. The van der Waals surface area contributed by atoms with Crippen molar-refractivity contribution in [3.63, 3.8) is 0 Å². The van der Waals surface area contributed by atoms with Crippen LogP contribution < -0.4 is 5.32 Å². The fraction of sp³-hybridized carbons (Fsp3) is 0.457. The summed E-state index contributed by atoms with van der Waals surface area (Å²) in [5.74, 6) is -1.20. The molecule has 3 aromatic rings. The van der Waals surface area contributed by atoms with Crippen molar-refractivity contribution in [3.8, 4) is 11.1 Å². The minimum absolute atomic E-state index is 0.0260. The number of anilines is 1. The van der Waals surface area contributed by atoms with Gasteiger partial charge in [-0.05, 0) is 106 Å². The SMILES string of the molecule is CCOC(=O)CC1CCCC(c2cc(-c3ccc(F)cc3C)c(NCC(=O)C(C)(C)c3cc(C(F)(F)F)cc(C(F)(F)F)c3)cn2)C1. The van der Waals surface area contributed by atoms with Crippen LogP contribution in [0.3, 0.4) is 0 Å². The third-order valence-corrected chi connectivity index (χ3v) is 8.81. The van der Waals surface area contributed by atoms with Crippen molar-refractivity contribution in [2.24, 2.45) is 5.92 Å². The van der Waals surface area contributed by atoms with Crippen LogP contribution in [-0.4, -0.2) is 29.9 Å². The number of nitrogens with zero attached hydrogens (tertiary/aromatic N) is 1. The largest absolute Gasteiger partial charge is 0.466 e. The number of ketones is 1. The van der Waals surface area contributed by atoms with E-state index in [-0.39, 0.29) is 23.9 Å². The number of pyridine rings is 1. The molecule has 0 radical (unpaired) electrons. The number of aryl methyl sites for hydroxylation is 1. The van der Waals surface area contributed by atoms with Gasteiger partial charge in [0.2, 0.25) is 0 Å². The lowest BCUT2D eigenvalue weighted by atomic mass is 9.78. The fourth-order valence-corrected chi connectivity index (χ4v) is 6.06. The molecule has 254 valence electrons. The second-order valence-corrected chi connectivity index (χ2v) is 12.5. The molecule has 0 aliphatic heterocycles. The molecule has 1 aromatic heterocycles. The highest BCUT2D eigenvalue weighted by Crippen LogP contribution is 2.41. The highest BCUT2D eigenvalue weighted by Gasteiger charge is 2.40. The lowest BCUT2D eigenvalue weighted by Crippen LogP contribution is -2.35. The monoisotopic (exact) mass is 666 g/mol. The molecule has 5 nitrogen and oxygen atoms in total. The number of carbonyl (C=O) groups excluding carboxylic acids is 2. The molecule has 2 unspecified atom stereocenters. The Morgan fingerprint density at radius 1 is 0.915 bits per heavy atom. The number of carbonyl (C=O) groups is 2. The molecule has 0 spiro atoms. The zero-order valence-corrected chi connectivity index (χ0v) is 26.5. The molecule has 1 saturated carbocycles. The lowest BCUT2D eigenvalue weighted by Gasteiger charge is -2.29. The third kappa shape index (κ3) is 8.70. The quantitative estimate of drug-likeness (QED) is 0.173. The highest BCUT2D eigenvalue weighted by atomic mass is 19.4. The van der Waals surface area contributed by atoms with Gasteiger partial charge in [0.25, 0.3) is 0 Å². The molecule has 2 atom stereocenters. The minimum Gasteiger partial charge on any atom is -0.466 e. The van der Waals surface area contributed by atoms with Crippen molar-refractivity contribution >= 4 is 17.4 Å². The van der Waals surface area contributed by atoms with Gasteiger partial charge >= 0.3 is 18.3 Å². The van der Waals surface area contributed by atoms with E-state index >= 15 is 0 Å². The van der Waals surface area contributed by atoms with Crippen LogP contribution in [0.2, 0.25) is 0 Å². The maximum atomic E-state index is 14.0. The number of aromatic nitrogens is 1. The predicted octanol–water partition coefficient (Wildman–Crippen LogP) is 9.42. The third-order valence-electron chi connectivity index (χ3n) is 8.81. The maximum Gasteiger partial charge on any atom is 0.416 e. The smallest absolute Gasteiger partial charge is 0.416 e. The number of halogens is 7. The van der Waals surface area contributed by atoms with E-state index in [0.717, 1.165) is 25.0 Å². The Bertz CT molecular complexity index is 1580. The van der Waals surface area contributed by atoms with E-state index in [2.05, 4.69) is 10.3 Å². The number of rotatable bonds is 10. The van der Waals surface area contributed by atoms with Crippen molar-refractivity contribution in [3.05, 3.63) is 82.4 Å². The zero-order valence-electron chi connectivity index (χ0n) is 26.5. The molecule has 1 aliphatic rings. The van der Waals surface area contributed by atoms with E-state index in [1.54, 1.807) is 19.9 Å². The molecule has 2 aromatic carbocycles. The number of nitrogens with one attached hydrogen (secondary N) is 1. The Kier molecular flexibility index (Phi) is 10.7. The van der Waals surface area contributed by atoms with Gasteiger partial charge in [-0.15, -0.1) is 0 Å². The summed E-state index contributed by atoms with van der Waals surface area (Å²) in [4.78, 5) is 30.2. The second kappa shape index (κ2) is 14.0. The first-order valence-corrected chi connectivity index (χ1v) is 15.4. The first kappa shape index (κ1) is 35.9. The van der Waals surface area contributed by atoms with E-state index in [0.29, 0.717) is 54.0 Å². The first-order chi connectivity index (χ1) is 21.9. The molecular weight excluding hydrogens is 629 g/mol. The molecule has 1 fully saturated rings. The summed E-state index contributed by atoms with van der Waals surface area (Å²) in [5, 5.41) is 2.99. The summed E-state index contributed by atoms with van der Waals surface area (Å²) < 4.78 is 100. The Hall–Kier alpha value is -3.96. The summed E-state index contributed by atoms with van der Waals surface area (Å²) in [5.41, 5.74) is -2.18. The fourth-order valence-electron chi connectivity index (χ4n) is 6.06. The van der Waals surface area contributed by atoms with Crippen molar-refractivity contribution in [2.45, 2.75) is 83.5 Å². The number of Topliss-reactive ketones (excluding diaryl/α,β-unsaturated/α-hetero) is 1. The van der Waals surface area contributed by atoms with Gasteiger partial charge in [-0.1, -0.05) is 12.5 Å². The number of benzene rings is 2. The summed E-state index contributed by atoms with van der Waals surface area (Å²) in [6.45, 7) is 5.88. The van der Waals surface area contributed by atoms with Gasteiger partial charge in [-0.3, -0.25) is 14.6 Å². The zero-order chi connectivity index (χ0) is 34.7. The van der Waals surface area contributed by atoms with Crippen LogP contribution in [0.4, 0.5) is 36.4 Å². The molecule has 4 rings (SSSR count). The topological polar surface area (TPSA) is 68.3 Å². The molecule has 0 bridgehead atoms. The van der Waals surface area contributed by atoms with E-state index in [1.807, 2.05) is 6.07 Å². The van der Waals surface area contributed by atoms with Crippen LogP contribution in [-0.2, 0) is 32.1 Å². The Morgan fingerprint density at radius 3 is 2.15 bits per heavy atom. The molecule has 12 heteroatoms. The molecule has 0 amide bonds. The van der Waals surface area contributed by atoms with Gasteiger partial charge in [0, 0.05) is 23.6 Å². The molecule has 1 heterocycles. The normalized spacial score (nSPS) is 17.3. The van der Waals surface area contributed by atoms with Crippen LogP contribution in [0.25, 0.3) is 11.1 Å². The van der Waals surface area contributed by atoms with Crippen LogP contribution >= 0.6 is 0 Å². The van der Waals surface area contributed by atoms with Crippen LogP contribution in [0.5, 0.6) is 0 Å². The van der Waals surface area contributed by atoms with Crippen LogP contribution in [0.15, 0.2) is 48.7 Å². The lowest BCUT2D eigenvalue weighted by molar-refractivity contribution is -0.145. The number of esters is 1. The number of hydrogen-bond donors (Lipinski definition) is 1. The highest BCUT2D eigenvalue weighted by molar-refractivity contribution is 5.93. The second-order valence-electron chi connectivity index (χ2n) is 12.5. The van der Waals surface area contributed by atoms with Crippen LogP contribution in [0, 0.1) is 18.7 Å². The van der Waals surface area contributed by atoms with Gasteiger partial charge in [-0.25, -0.2) is 4.39 Å². The summed E-state index contributed by atoms with van der Waals surface area (Å²) in [7, 11) is 0. The Balaban J connectivity index is 1.64. The summed E-state index contributed by atoms with van der Waals surface area (Å²) in [6, 6.07) is 7.24. The molecular formula is C35H37F7N2O3. The van der Waals surface area contributed by atoms with E-state index in [4.69, 9.17) is 4.74 Å². The number of ether oxygens (including phenoxy) is 1. The Labute approximate surface area is 268 Å². The average Bonchev–Trinajstić information content (AvgIpc) is 2.99. The van der Waals surface area contributed by atoms with Gasteiger partial charge in [0.15, 0.2) is 5.78 Å². The summed E-state index contributed by atoms with van der Waals surface area (Å²) in [6.07, 6.45) is -4.96. The Morgan fingerprint density at radius 2 is 1.55 bits per heavy atom. The van der Waals surface area contributed by atoms with Crippen LogP contribution in [0.1, 0.15) is 86.7 Å². The van der Waals surface area contributed by atoms with E-state index in [1.165, 1.54) is 32.2 Å². The van der Waals surface area contributed by atoms with Crippen molar-refractivity contribution in [1.29, 1.82) is 0 Å². The van der Waals surface area contributed by atoms with Gasteiger partial charge in [0.1, 0.15) is 5.82 Å². The van der Waals surface area contributed by atoms with E-state index < -0.39 is 52.6 Å². The van der Waals surface area contributed by atoms with Crippen molar-refractivity contribution in [1.82, 2.24) is 4.98 Å². The first-order valence-electron chi connectivity index (χ1n) is 15.4. The maximum absolute atomic E-state index is 14.0. The molecule has 47 heavy (non-hydrogen) atoms. The molecule has 0 saturated heterocycles. The number of alkyl halides is 6. The van der Waals surface area contributed by atoms with Gasteiger partial charge < -0.3 is 10.1 Å². The predicted molar refractivity (Wildman–Crippen MR) is 163 cm³/mol. The van der Waals surface area contributed by atoms with Gasteiger partial charge in [0.05, 0.1) is 41.6 Å². The summed E-state index contributed by atoms with van der Waals surface area (Å²) >= 11 is 0. The standard InChI is InChI=1S/C35H37F7N2O3/c1-5-47-32(46)13-21-7-6-8-22(12-21)29-17-28(27-10-9-26(36)11-20(27)2)30(18-43-29)44-19-31(45)33(3,4)23-14-24(34(37,38)39)16-25(15-23)35(40,41)42/h9-11,14-18,21-22,44H,5-8,12-13,19H2,1-4H3. The molecule has 1 aliphatic carbocycles. The average molecular weight is 667 g/mol. The van der Waals surface area contributed by atoms with Crippen molar-refractivity contribution < 1.29 is 45.1 Å². The van der Waals surface area contributed by atoms with E-state index in [9.17, 15) is 40.3 Å². The van der Waals surface area contributed by atoms with Crippen molar-refractivity contribution in [2.75, 3.05) is 18.5 Å². The minimum atomic E-state index is -5.06.